The second-order valence-corrected chi connectivity index (χ2v) is 8.67. The van der Waals surface area contributed by atoms with Gasteiger partial charge in [0.15, 0.2) is 0 Å². The van der Waals surface area contributed by atoms with E-state index in [1.165, 1.54) is 25.5 Å². The number of nitrogens with zero attached hydrogens (tertiary/aromatic N) is 4. The number of anilines is 1. The summed E-state index contributed by atoms with van der Waals surface area (Å²) in [5, 5.41) is 2.93. The lowest BCUT2D eigenvalue weighted by Crippen LogP contribution is -2.38. The van der Waals surface area contributed by atoms with Crippen LogP contribution in [0, 0.1) is 0 Å². The van der Waals surface area contributed by atoms with E-state index in [-0.39, 0.29) is 17.9 Å². The molecule has 3 aromatic rings. The molecule has 7 nitrogen and oxygen atoms in total. The molecule has 2 amide bonds. The minimum Gasteiger partial charge on any atom is -0.339 e. The van der Waals surface area contributed by atoms with Crippen molar-refractivity contribution in [1.82, 2.24) is 19.4 Å². The number of amides is 2. The largest absolute Gasteiger partial charge is 0.339 e. The highest BCUT2D eigenvalue weighted by atomic mass is 16.2. The Morgan fingerprint density at radius 3 is 2.66 bits per heavy atom. The molecule has 1 aromatic carbocycles. The SMILES string of the molecule is CCC(C)n1c(NC(=O)c2cccnc2)nc2cc(C(=O)N(C)C3CCCCC3)ccc21. The molecular formula is C25H31N5O2. The van der Waals surface area contributed by atoms with Gasteiger partial charge in [0.1, 0.15) is 0 Å². The Hall–Kier alpha value is -3.22. The van der Waals surface area contributed by atoms with Crippen molar-refractivity contribution in [3.05, 3.63) is 53.9 Å². The number of imidazole rings is 1. The van der Waals surface area contributed by atoms with Crippen LogP contribution in [-0.2, 0) is 0 Å². The van der Waals surface area contributed by atoms with Gasteiger partial charge in [0.05, 0.1) is 16.6 Å². The van der Waals surface area contributed by atoms with Gasteiger partial charge < -0.3 is 9.47 Å². The number of nitrogens with one attached hydrogen (secondary N) is 1. The maximum absolute atomic E-state index is 13.1. The first kappa shape index (κ1) is 22.0. The van der Waals surface area contributed by atoms with E-state index < -0.39 is 0 Å². The van der Waals surface area contributed by atoms with Crippen molar-refractivity contribution in [1.29, 1.82) is 0 Å². The molecule has 168 valence electrons. The monoisotopic (exact) mass is 433 g/mol. The van der Waals surface area contributed by atoms with Gasteiger partial charge >= 0.3 is 0 Å². The molecule has 4 rings (SSSR count). The first-order valence-corrected chi connectivity index (χ1v) is 11.5. The highest BCUT2D eigenvalue weighted by Crippen LogP contribution is 2.28. The maximum atomic E-state index is 13.1. The second kappa shape index (κ2) is 9.51. The Morgan fingerprint density at radius 1 is 1.19 bits per heavy atom. The molecule has 1 saturated carbocycles. The molecule has 32 heavy (non-hydrogen) atoms. The van der Waals surface area contributed by atoms with Crippen LogP contribution in [0.2, 0.25) is 0 Å². The Labute approximate surface area is 188 Å². The number of fused-ring (bicyclic) bond motifs is 1. The summed E-state index contributed by atoms with van der Waals surface area (Å²) >= 11 is 0. The van der Waals surface area contributed by atoms with Gasteiger partial charge in [-0.05, 0) is 56.5 Å². The van der Waals surface area contributed by atoms with E-state index in [0.29, 0.717) is 28.6 Å². The third-order valence-electron chi connectivity index (χ3n) is 6.56. The fraction of sp³-hybridized carbons (Fsp3) is 0.440. The Morgan fingerprint density at radius 2 is 1.97 bits per heavy atom. The molecule has 0 radical (unpaired) electrons. The molecule has 1 aliphatic carbocycles. The van der Waals surface area contributed by atoms with Gasteiger partial charge in [-0.25, -0.2) is 4.98 Å². The highest BCUT2D eigenvalue weighted by molar-refractivity contribution is 6.04. The van der Waals surface area contributed by atoms with Crippen molar-refractivity contribution >= 4 is 28.8 Å². The number of carbonyl (C=O) groups is 2. The van der Waals surface area contributed by atoms with Gasteiger partial charge in [-0.3, -0.25) is 19.9 Å². The van der Waals surface area contributed by atoms with Crippen LogP contribution < -0.4 is 5.32 Å². The lowest BCUT2D eigenvalue weighted by molar-refractivity contribution is 0.0696. The number of pyridine rings is 1. The van der Waals surface area contributed by atoms with Crippen molar-refractivity contribution in [2.75, 3.05) is 12.4 Å². The van der Waals surface area contributed by atoms with Crippen LogP contribution in [0.3, 0.4) is 0 Å². The van der Waals surface area contributed by atoms with Crippen LogP contribution in [-0.4, -0.2) is 44.3 Å². The van der Waals surface area contributed by atoms with Crippen molar-refractivity contribution in [3.8, 4) is 0 Å². The van der Waals surface area contributed by atoms with Crippen LogP contribution in [0.5, 0.6) is 0 Å². The van der Waals surface area contributed by atoms with E-state index in [9.17, 15) is 9.59 Å². The summed E-state index contributed by atoms with van der Waals surface area (Å²) in [6.45, 7) is 4.19. The Bertz CT molecular complexity index is 1100. The first-order chi connectivity index (χ1) is 15.5. The van der Waals surface area contributed by atoms with E-state index in [4.69, 9.17) is 4.98 Å². The first-order valence-electron chi connectivity index (χ1n) is 11.5. The zero-order chi connectivity index (χ0) is 22.7. The van der Waals surface area contributed by atoms with Gasteiger partial charge in [0.2, 0.25) is 5.95 Å². The number of hydrogen-bond acceptors (Lipinski definition) is 4. The van der Waals surface area contributed by atoms with Crippen LogP contribution in [0.4, 0.5) is 5.95 Å². The molecular weight excluding hydrogens is 402 g/mol. The van der Waals surface area contributed by atoms with Crippen LogP contribution in [0.1, 0.15) is 79.1 Å². The van der Waals surface area contributed by atoms with E-state index in [1.807, 2.05) is 34.7 Å². The summed E-state index contributed by atoms with van der Waals surface area (Å²) in [4.78, 5) is 36.5. The summed E-state index contributed by atoms with van der Waals surface area (Å²) in [6, 6.07) is 9.54. The summed E-state index contributed by atoms with van der Waals surface area (Å²) in [7, 11) is 1.90. The lowest BCUT2D eigenvalue weighted by atomic mass is 9.94. The molecule has 2 heterocycles. The molecule has 0 bridgehead atoms. The minimum atomic E-state index is -0.258. The van der Waals surface area contributed by atoms with Gasteiger partial charge in [-0.1, -0.05) is 26.2 Å². The molecule has 1 N–H and O–H groups in total. The number of aromatic nitrogens is 3. The third-order valence-corrected chi connectivity index (χ3v) is 6.56. The van der Waals surface area contributed by atoms with Crippen LogP contribution in [0.25, 0.3) is 11.0 Å². The van der Waals surface area contributed by atoms with Crippen molar-refractivity contribution < 1.29 is 9.59 Å². The predicted octanol–water partition coefficient (Wildman–Crippen LogP) is 5.06. The number of hydrogen-bond donors (Lipinski definition) is 1. The van der Waals surface area contributed by atoms with Crippen molar-refractivity contribution in [3.63, 3.8) is 0 Å². The molecule has 1 atom stereocenters. The van der Waals surface area contributed by atoms with Crippen molar-refractivity contribution in [2.45, 2.75) is 64.5 Å². The normalized spacial score (nSPS) is 15.5. The third kappa shape index (κ3) is 4.38. The molecule has 2 aromatic heterocycles. The molecule has 7 heteroatoms. The van der Waals surface area contributed by atoms with Crippen molar-refractivity contribution in [2.24, 2.45) is 0 Å². The van der Waals surface area contributed by atoms with Gasteiger partial charge in [0.25, 0.3) is 11.8 Å². The van der Waals surface area contributed by atoms with E-state index in [2.05, 4.69) is 24.1 Å². The van der Waals surface area contributed by atoms with E-state index in [1.54, 1.807) is 18.3 Å². The number of benzene rings is 1. The van der Waals surface area contributed by atoms with Gasteiger partial charge in [0, 0.05) is 37.1 Å². The molecule has 0 aliphatic heterocycles. The lowest BCUT2D eigenvalue weighted by Gasteiger charge is -2.31. The maximum Gasteiger partial charge on any atom is 0.259 e. The molecule has 0 spiro atoms. The minimum absolute atomic E-state index is 0.0258. The Balaban J connectivity index is 1.65. The average Bonchev–Trinajstić information content (AvgIpc) is 3.20. The fourth-order valence-corrected chi connectivity index (χ4v) is 4.46. The number of carbonyl (C=O) groups excluding carboxylic acids is 2. The molecule has 1 unspecified atom stereocenters. The zero-order valence-corrected chi connectivity index (χ0v) is 19.0. The van der Waals surface area contributed by atoms with Gasteiger partial charge in [-0.15, -0.1) is 0 Å². The summed E-state index contributed by atoms with van der Waals surface area (Å²) in [5.41, 5.74) is 2.71. The summed E-state index contributed by atoms with van der Waals surface area (Å²) < 4.78 is 2.03. The van der Waals surface area contributed by atoms with E-state index in [0.717, 1.165) is 24.8 Å². The molecule has 1 aliphatic rings. The average molecular weight is 434 g/mol. The van der Waals surface area contributed by atoms with Crippen LogP contribution >= 0.6 is 0 Å². The zero-order valence-electron chi connectivity index (χ0n) is 19.0. The summed E-state index contributed by atoms with van der Waals surface area (Å²) in [6.07, 6.45) is 9.80. The topological polar surface area (TPSA) is 80.1 Å². The number of rotatable bonds is 6. The highest BCUT2D eigenvalue weighted by Gasteiger charge is 2.24. The molecule has 1 fully saturated rings. The van der Waals surface area contributed by atoms with E-state index >= 15 is 0 Å². The Kier molecular flexibility index (Phi) is 6.53. The molecule has 0 saturated heterocycles. The fourth-order valence-electron chi connectivity index (χ4n) is 4.46. The smallest absolute Gasteiger partial charge is 0.259 e. The quantitative estimate of drug-likeness (QED) is 0.589. The second-order valence-electron chi connectivity index (χ2n) is 8.67. The summed E-state index contributed by atoms with van der Waals surface area (Å²) in [5.74, 6) is 0.248. The standard InChI is InChI=1S/C25H31N5O2/c1-4-17(2)30-22-13-12-18(24(32)29(3)20-10-6-5-7-11-20)15-21(22)27-25(30)28-23(31)19-9-8-14-26-16-19/h8-9,12-17,20H,4-7,10-11H2,1-3H3,(H,27,28,31). The van der Waals surface area contributed by atoms with Crippen LogP contribution in [0.15, 0.2) is 42.7 Å². The van der Waals surface area contributed by atoms with Gasteiger partial charge in [-0.2, -0.15) is 0 Å². The predicted molar refractivity (Wildman–Crippen MR) is 126 cm³/mol.